The van der Waals surface area contributed by atoms with Crippen LogP contribution in [0.25, 0.3) is 11.0 Å². The number of aliphatic carboxylic acids is 1. The van der Waals surface area contributed by atoms with Crippen molar-refractivity contribution < 1.29 is 9.90 Å². The van der Waals surface area contributed by atoms with E-state index in [0.717, 1.165) is 22.4 Å². The number of imidazole rings is 1. The van der Waals surface area contributed by atoms with E-state index in [0.29, 0.717) is 13.1 Å². The predicted octanol–water partition coefficient (Wildman–Crippen LogP) is 0.715. The Balaban J connectivity index is 2.06. The number of nitrogens with two attached hydrogens (primary N) is 1. The second-order valence-electron chi connectivity index (χ2n) is 4.82. The molecule has 0 bridgehead atoms. The lowest BCUT2D eigenvalue weighted by Gasteiger charge is -2.18. The molecule has 0 aliphatic rings. The van der Waals surface area contributed by atoms with Gasteiger partial charge in [-0.15, -0.1) is 0 Å². The molecule has 102 valence electrons. The van der Waals surface area contributed by atoms with Crippen LogP contribution in [0.2, 0.25) is 0 Å². The van der Waals surface area contributed by atoms with Crippen LogP contribution in [0, 0.1) is 6.92 Å². The van der Waals surface area contributed by atoms with Crippen LogP contribution in [-0.2, 0) is 11.3 Å². The standard InChI is InChI=1S/C13H18N4O2/c1-8-15-11-4-3-9(5-12(11)16-8)6-17(2)7-10(14)13(18)19/h3-5,10H,6-7,14H2,1-2H3,(H,15,16)(H,18,19). The van der Waals surface area contributed by atoms with Crippen LogP contribution in [0.4, 0.5) is 0 Å². The predicted molar refractivity (Wildman–Crippen MR) is 72.8 cm³/mol. The second-order valence-corrected chi connectivity index (χ2v) is 4.82. The van der Waals surface area contributed by atoms with E-state index in [1.165, 1.54) is 0 Å². The van der Waals surface area contributed by atoms with E-state index >= 15 is 0 Å². The molecule has 6 nitrogen and oxygen atoms in total. The SMILES string of the molecule is Cc1nc2ccc(CN(C)CC(N)C(=O)O)cc2[nH]1. The number of likely N-dealkylation sites (N-methyl/N-ethyl adjacent to an activating group) is 1. The van der Waals surface area contributed by atoms with Crippen LogP contribution in [0.15, 0.2) is 18.2 Å². The largest absolute Gasteiger partial charge is 0.480 e. The zero-order valence-corrected chi connectivity index (χ0v) is 11.1. The Morgan fingerprint density at radius 3 is 3.00 bits per heavy atom. The molecule has 6 heteroatoms. The molecule has 0 fully saturated rings. The molecule has 0 radical (unpaired) electrons. The number of aryl methyl sites for hydroxylation is 1. The number of carbonyl (C=O) groups is 1. The van der Waals surface area contributed by atoms with E-state index in [-0.39, 0.29) is 0 Å². The number of H-pyrrole nitrogens is 1. The van der Waals surface area contributed by atoms with Gasteiger partial charge in [0.15, 0.2) is 0 Å². The molecule has 1 atom stereocenters. The first-order valence-corrected chi connectivity index (χ1v) is 6.08. The number of aromatic amines is 1. The van der Waals surface area contributed by atoms with E-state index in [2.05, 4.69) is 9.97 Å². The molecule has 0 saturated carbocycles. The van der Waals surface area contributed by atoms with Gasteiger partial charge in [0.05, 0.1) is 11.0 Å². The minimum atomic E-state index is -0.980. The third-order valence-corrected chi connectivity index (χ3v) is 2.94. The fourth-order valence-electron chi connectivity index (χ4n) is 2.07. The van der Waals surface area contributed by atoms with Crippen LogP contribution < -0.4 is 5.73 Å². The van der Waals surface area contributed by atoms with Crippen molar-refractivity contribution in [1.29, 1.82) is 0 Å². The summed E-state index contributed by atoms with van der Waals surface area (Å²) >= 11 is 0. The fourth-order valence-corrected chi connectivity index (χ4v) is 2.07. The van der Waals surface area contributed by atoms with E-state index in [4.69, 9.17) is 10.8 Å². The molecule has 0 spiro atoms. The smallest absolute Gasteiger partial charge is 0.321 e. The number of rotatable bonds is 5. The first-order chi connectivity index (χ1) is 8.95. The van der Waals surface area contributed by atoms with Crippen molar-refractivity contribution in [2.75, 3.05) is 13.6 Å². The van der Waals surface area contributed by atoms with Crippen LogP contribution in [0.5, 0.6) is 0 Å². The lowest BCUT2D eigenvalue weighted by molar-refractivity contribution is -0.138. The van der Waals surface area contributed by atoms with E-state index in [1.807, 2.05) is 37.1 Å². The van der Waals surface area contributed by atoms with Crippen molar-refractivity contribution in [3.8, 4) is 0 Å². The average molecular weight is 262 g/mol. The van der Waals surface area contributed by atoms with Gasteiger partial charge >= 0.3 is 5.97 Å². The molecule has 0 saturated heterocycles. The maximum atomic E-state index is 10.7. The van der Waals surface area contributed by atoms with Crippen molar-refractivity contribution >= 4 is 17.0 Å². The molecular formula is C13H18N4O2. The highest BCUT2D eigenvalue weighted by Gasteiger charge is 2.14. The number of benzene rings is 1. The minimum absolute atomic E-state index is 0.315. The van der Waals surface area contributed by atoms with Gasteiger partial charge in [-0.1, -0.05) is 6.07 Å². The highest BCUT2D eigenvalue weighted by atomic mass is 16.4. The summed E-state index contributed by atoms with van der Waals surface area (Å²) in [5.41, 5.74) is 8.53. The summed E-state index contributed by atoms with van der Waals surface area (Å²) in [5, 5.41) is 8.78. The van der Waals surface area contributed by atoms with Gasteiger partial charge in [-0.3, -0.25) is 9.69 Å². The molecule has 0 aliphatic heterocycles. The normalized spacial score (nSPS) is 13.1. The maximum absolute atomic E-state index is 10.7. The Kier molecular flexibility index (Phi) is 3.82. The van der Waals surface area contributed by atoms with Gasteiger partial charge in [-0.25, -0.2) is 4.98 Å². The van der Waals surface area contributed by atoms with E-state index in [9.17, 15) is 4.79 Å². The van der Waals surface area contributed by atoms with Gasteiger partial charge in [-0.2, -0.15) is 0 Å². The number of hydrogen-bond donors (Lipinski definition) is 3. The van der Waals surface area contributed by atoms with Gasteiger partial charge in [0.25, 0.3) is 0 Å². The second kappa shape index (κ2) is 5.38. The molecule has 0 aliphatic carbocycles. The molecule has 1 heterocycles. The molecule has 0 amide bonds. The lowest BCUT2D eigenvalue weighted by atomic mass is 10.2. The molecule has 1 aromatic heterocycles. The van der Waals surface area contributed by atoms with Crippen LogP contribution >= 0.6 is 0 Å². The zero-order chi connectivity index (χ0) is 14.0. The maximum Gasteiger partial charge on any atom is 0.321 e. The minimum Gasteiger partial charge on any atom is -0.480 e. The summed E-state index contributed by atoms with van der Waals surface area (Å²) < 4.78 is 0. The molecular weight excluding hydrogens is 244 g/mol. The van der Waals surface area contributed by atoms with Crippen LogP contribution in [0.3, 0.4) is 0 Å². The topological polar surface area (TPSA) is 95.2 Å². The van der Waals surface area contributed by atoms with E-state index in [1.54, 1.807) is 0 Å². The number of aromatic nitrogens is 2. The van der Waals surface area contributed by atoms with Crippen LogP contribution in [0.1, 0.15) is 11.4 Å². The summed E-state index contributed by atoms with van der Waals surface area (Å²) in [6.45, 7) is 2.88. The Morgan fingerprint density at radius 2 is 2.32 bits per heavy atom. The highest BCUT2D eigenvalue weighted by Crippen LogP contribution is 2.14. The Morgan fingerprint density at radius 1 is 1.58 bits per heavy atom. The Bertz CT molecular complexity index is 593. The molecule has 2 aromatic rings. The van der Waals surface area contributed by atoms with Gasteiger partial charge < -0.3 is 15.8 Å². The quantitative estimate of drug-likeness (QED) is 0.737. The first-order valence-electron chi connectivity index (χ1n) is 6.08. The number of hydrogen-bond acceptors (Lipinski definition) is 4. The molecule has 4 N–H and O–H groups in total. The molecule has 2 rings (SSSR count). The number of carboxylic acids is 1. The fraction of sp³-hybridized carbons (Fsp3) is 0.385. The Hall–Kier alpha value is -1.92. The summed E-state index contributed by atoms with van der Waals surface area (Å²) in [4.78, 5) is 20.1. The highest BCUT2D eigenvalue weighted by molar-refractivity contribution is 5.75. The number of nitrogens with zero attached hydrogens (tertiary/aromatic N) is 2. The third-order valence-electron chi connectivity index (χ3n) is 2.94. The molecule has 19 heavy (non-hydrogen) atoms. The Labute approximate surface area is 111 Å². The summed E-state index contributed by atoms with van der Waals surface area (Å²) in [6, 6.07) is 5.12. The van der Waals surface area contributed by atoms with Gasteiger partial charge in [0.1, 0.15) is 11.9 Å². The van der Waals surface area contributed by atoms with Gasteiger partial charge in [0.2, 0.25) is 0 Å². The summed E-state index contributed by atoms with van der Waals surface area (Å²) in [6.07, 6.45) is 0. The number of nitrogens with one attached hydrogen (secondary N) is 1. The first kappa shape index (κ1) is 13.5. The zero-order valence-electron chi connectivity index (χ0n) is 11.1. The van der Waals surface area contributed by atoms with Crippen LogP contribution in [-0.4, -0.2) is 45.6 Å². The van der Waals surface area contributed by atoms with Crippen molar-refractivity contribution in [3.05, 3.63) is 29.6 Å². The number of carboxylic acid groups (broad SMARTS) is 1. The molecule has 1 unspecified atom stereocenters. The van der Waals surface area contributed by atoms with Crippen molar-refractivity contribution in [2.45, 2.75) is 19.5 Å². The van der Waals surface area contributed by atoms with E-state index < -0.39 is 12.0 Å². The monoisotopic (exact) mass is 262 g/mol. The average Bonchev–Trinajstić information content (AvgIpc) is 2.68. The van der Waals surface area contributed by atoms with Gasteiger partial charge in [-0.05, 0) is 31.7 Å². The van der Waals surface area contributed by atoms with Crippen molar-refractivity contribution in [2.24, 2.45) is 5.73 Å². The van der Waals surface area contributed by atoms with Crippen molar-refractivity contribution in [1.82, 2.24) is 14.9 Å². The lowest BCUT2D eigenvalue weighted by Crippen LogP contribution is -2.40. The summed E-state index contributed by atoms with van der Waals surface area (Å²) in [5.74, 6) is -0.0973. The van der Waals surface area contributed by atoms with Gasteiger partial charge in [0, 0.05) is 13.1 Å². The summed E-state index contributed by atoms with van der Waals surface area (Å²) in [7, 11) is 1.85. The number of fused-ring (bicyclic) bond motifs is 1. The van der Waals surface area contributed by atoms with Crippen molar-refractivity contribution in [3.63, 3.8) is 0 Å². The third kappa shape index (κ3) is 3.30. The molecule has 1 aromatic carbocycles.